The molecule has 0 bridgehead atoms. The summed E-state index contributed by atoms with van der Waals surface area (Å²) in [6, 6.07) is 3.13. The minimum absolute atomic E-state index is 0.168. The van der Waals surface area contributed by atoms with Crippen molar-refractivity contribution in [2.75, 3.05) is 6.61 Å². The minimum atomic E-state index is -1.01. The van der Waals surface area contributed by atoms with Crippen LogP contribution in [0.1, 0.15) is 16.9 Å². The van der Waals surface area contributed by atoms with Gasteiger partial charge in [0, 0.05) is 25.3 Å². The molecular weight excluding hydrogens is 226 g/mol. The molecule has 1 aliphatic heterocycles. The third kappa shape index (κ3) is 2.31. The number of rotatable bonds is 4. The molecule has 2 heterocycles. The van der Waals surface area contributed by atoms with Gasteiger partial charge in [-0.1, -0.05) is 0 Å². The van der Waals surface area contributed by atoms with E-state index < -0.39 is 18.0 Å². The number of carbonyl (C=O) groups is 2. The molecule has 17 heavy (non-hydrogen) atoms. The zero-order valence-corrected chi connectivity index (χ0v) is 9.07. The lowest BCUT2D eigenvalue weighted by Gasteiger charge is -2.16. The van der Waals surface area contributed by atoms with E-state index in [1.54, 1.807) is 16.8 Å². The topological polar surface area (TPSA) is 88.8 Å². The molecule has 0 aromatic carbocycles. The zero-order valence-electron chi connectivity index (χ0n) is 9.07. The monoisotopic (exact) mass is 239 g/mol. The minimum Gasteiger partial charge on any atom is -0.479 e. The molecule has 0 spiro atoms. The smallest absolute Gasteiger partial charge is 0.352 e. The largest absolute Gasteiger partial charge is 0.479 e. The molecule has 2 N–H and O–H groups in total. The average molecular weight is 239 g/mol. The van der Waals surface area contributed by atoms with E-state index in [0.717, 1.165) is 0 Å². The van der Waals surface area contributed by atoms with Gasteiger partial charge in [0.1, 0.15) is 5.69 Å². The summed E-state index contributed by atoms with van der Waals surface area (Å²) in [6.07, 6.45) is 1.44. The first-order chi connectivity index (χ1) is 8.09. The Morgan fingerprint density at radius 1 is 1.47 bits per heavy atom. The Hall–Kier alpha value is -1.82. The molecule has 1 aliphatic rings. The van der Waals surface area contributed by atoms with Crippen LogP contribution in [0, 0.1) is 5.92 Å². The molecule has 6 nitrogen and oxygen atoms in total. The highest BCUT2D eigenvalue weighted by Crippen LogP contribution is 2.23. The van der Waals surface area contributed by atoms with E-state index in [0.29, 0.717) is 19.6 Å². The summed E-state index contributed by atoms with van der Waals surface area (Å²) in [5.41, 5.74) is 0.168. The van der Waals surface area contributed by atoms with Gasteiger partial charge in [-0.2, -0.15) is 0 Å². The highest BCUT2D eigenvalue weighted by Gasteiger charge is 2.34. The maximum Gasteiger partial charge on any atom is 0.352 e. The summed E-state index contributed by atoms with van der Waals surface area (Å²) < 4.78 is 6.67. The van der Waals surface area contributed by atoms with E-state index in [4.69, 9.17) is 14.9 Å². The van der Waals surface area contributed by atoms with Gasteiger partial charge in [-0.05, 0) is 18.6 Å². The standard InChI is InChI=1S/C11H13NO5/c13-10(14)8-2-1-4-12(8)6-7-3-5-17-9(7)11(15)16/h1-2,4,7,9H,3,5-6H2,(H,13,14)(H,15,16). The van der Waals surface area contributed by atoms with Gasteiger partial charge in [0.15, 0.2) is 6.10 Å². The number of carboxylic acid groups (broad SMARTS) is 2. The second-order valence-electron chi connectivity index (χ2n) is 4.03. The van der Waals surface area contributed by atoms with Gasteiger partial charge >= 0.3 is 11.9 Å². The third-order valence-electron chi connectivity index (χ3n) is 2.94. The predicted molar refractivity (Wildman–Crippen MR) is 56.9 cm³/mol. The molecule has 92 valence electrons. The number of carboxylic acids is 2. The summed E-state index contributed by atoms with van der Waals surface area (Å²) in [5.74, 6) is -2.18. The van der Waals surface area contributed by atoms with Gasteiger partial charge in [-0.3, -0.25) is 0 Å². The van der Waals surface area contributed by atoms with Gasteiger partial charge in [0.05, 0.1) is 0 Å². The predicted octanol–water partition coefficient (Wildman–Crippen LogP) is 0.676. The van der Waals surface area contributed by atoms with Crippen molar-refractivity contribution < 1.29 is 24.5 Å². The van der Waals surface area contributed by atoms with Crippen LogP contribution in [-0.2, 0) is 16.1 Å². The number of ether oxygens (including phenoxy) is 1. The van der Waals surface area contributed by atoms with Gasteiger partial charge in [0.2, 0.25) is 0 Å². The first kappa shape index (κ1) is 11.7. The van der Waals surface area contributed by atoms with Crippen LogP contribution >= 0.6 is 0 Å². The lowest BCUT2D eigenvalue weighted by atomic mass is 10.0. The highest BCUT2D eigenvalue weighted by atomic mass is 16.5. The summed E-state index contributed by atoms with van der Waals surface area (Å²) in [4.78, 5) is 21.8. The van der Waals surface area contributed by atoms with Crippen LogP contribution < -0.4 is 0 Å². The Labute approximate surface area is 97.4 Å². The Balaban J connectivity index is 2.12. The van der Waals surface area contributed by atoms with Crippen molar-refractivity contribution in [2.24, 2.45) is 5.92 Å². The molecule has 0 radical (unpaired) electrons. The quantitative estimate of drug-likeness (QED) is 0.806. The van der Waals surface area contributed by atoms with Crippen molar-refractivity contribution in [1.82, 2.24) is 4.57 Å². The average Bonchev–Trinajstić information content (AvgIpc) is 2.86. The molecule has 1 fully saturated rings. The molecule has 2 rings (SSSR count). The zero-order chi connectivity index (χ0) is 12.4. The number of nitrogens with zero attached hydrogens (tertiary/aromatic N) is 1. The van der Waals surface area contributed by atoms with Crippen LogP contribution in [0.15, 0.2) is 18.3 Å². The third-order valence-corrected chi connectivity index (χ3v) is 2.94. The molecule has 0 saturated carbocycles. The number of aromatic carboxylic acids is 1. The Morgan fingerprint density at radius 2 is 2.24 bits per heavy atom. The van der Waals surface area contributed by atoms with Crippen molar-refractivity contribution in [2.45, 2.75) is 19.1 Å². The summed E-state index contributed by atoms with van der Waals surface area (Å²) in [5, 5.41) is 17.9. The lowest BCUT2D eigenvalue weighted by molar-refractivity contribution is -0.149. The molecule has 0 amide bonds. The highest BCUT2D eigenvalue weighted by molar-refractivity contribution is 5.85. The van der Waals surface area contributed by atoms with Crippen LogP contribution in [0.3, 0.4) is 0 Å². The summed E-state index contributed by atoms with van der Waals surface area (Å²) >= 11 is 0. The first-order valence-electron chi connectivity index (χ1n) is 5.32. The summed E-state index contributed by atoms with van der Waals surface area (Å²) in [6.45, 7) is 0.761. The van der Waals surface area contributed by atoms with Crippen molar-refractivity contribution in [3.05, 3.63) is 24.0 Å². The fourth-order valence-electron chi connectivity index (χ4n) is 2.11. The fourth-order valence-corrected chi connectivity index (χ4v) is 2.11. The number of aliphatic carboxylic acids is 1. The van der Waals surface area contributed by atoms with E-state index in [9.17, 15) is 9.59 Å². The van der Waals surface area contributed by atoms with Crippen LogP contribution in [0.4, 0.5) is 0 Å². The van der Waals surface area contributed by atoms with Gasteiger partial charge < -0.3 is 19.5 Å². The van der Waals surface area contributed by atoms with E-state index in [1.807, 2.05) is 0 Å². The van der Waals surface area contributed by atoms with Crippen LogP contribution in [-0.4, -0.2) is 39.4 Å². The van der Waals surface area contributed by atoms with E-state index in [-0.39, 0.29) is 11.6 Å². The molecule has 1 aromatic heterocycles. The van der Waals surface area contributed by atoms with Crippen molar-refractivity contribution >= 4 is 11.9 Å². The molecule has 1 aromatic rings. The van der Waals surface area contributed by atoms with Crippen LogP contribution in [0.2, 0.25) is 0 Å². The fraction of sp³-hybridized carbons (Fsp3) is 0.455. The first-order valence-corrected chi connectivity index (χ1v) is 5.32. The van der Waals surface area contributed by atoms with E-state index in [1.165, 1.54) is 6.07 Å². The number of hydrogen-bond acceptors (Lipinski definition) is 3. The van der Waals surface area contributed by atoms with Crippen LogP contribution in [0.5, 0.6) is 0 Å². The van der Waals surface area contributed by atoms with Crippen molar-refractivity contribution in [1.29, 1.82) is 0 Å². The molecular formula is C11H13NO5. The number of hydrogen-bond donors (Lipinski definition) is 2. The Kier molecular flexibility index (Phi) is 3.14. The Morgan fingerprint density at radius 3 is 2.88 bits per heavy atom. The molecule has 0 aliphatic carbocycles. The maximum absolute atomic E-state index is 10.9. The molecule has 1 saturated heterocycles. The number of aromatic nitrogens is 1. The Bertz CT molecular complexity index is 439. The SMILES string of the molecule is O=C(O)c1cccn1CC1CCOC1C(=O)O. The second kappa shape index (κ2) is 4.58. The van der Waals surface area contributed by atoms with E-state index in [2.05, 4.69) is 0 Å². The maximum atomic E-state index is 10.9. The molecule has 2 atom stereocenters. The van der Waals surface area contributed by atoms with Crippen molar-refractivity contribution in [3.63, 3.8) is 0 Å². The van der Waals surface area contributed by atoms with Gasteiger partial charge in [-0.15, -0.1) is 0 Å². The normalized spacial score (nSPS) is 23.8. The van der Waals surface area contributed by atoms with E-state index >= 15 is 0 Å². The van der Waals surface area contributed by atoms with Gasteiger partial charge in [0.25, 0.3) is 0 Å². The molecule has 2 unspecified atom stereocenters. The van der Waals surface area contributed by atoms with Gasteiger partial charge in [-0.25, -0.2) is 9.59 Å². The lowest BCUT2D eigenvalue weighted by Crippen LogP contribution is -2.29. The molecule has 6 heteroatoms. The van der Waals surface area contributed by atoms with Crippen molar-refractivity contribution in [3.8, 4) is 0 Å². The second-order valence-corrected chi connectivity index (χ2v) is 4.03. The summed E-state index contributed by atoms with van der Waals surface area (Å²) in [7, 11) is 0. The van der Waals surface area contributed by atoms with Crippen LogP contribution in [0.25, 0.3) is 0 Å².